The van der Waals surface area contributed by atoms with Crippen molar-refractivity contribution in [1.82, 2.24) is 16.0 Å². The topological polar surface area (TPSA) is 140 Å². The number of likely N-dealkylation sites (N-methyl/N-ethyl adjacent to an activating group) is 1. The highest BCUT2D eigenvalue weighted by atomic mass is 16.5. The fraction of sp³-hybridized carbons (Fsp3) is 0.706. The number of ketones is 1. The van der Waals surface area contributed by atoms with E-state index in [9.17, 15) is 24.0 Å². The third kappa shape index (κ3) is 9.69. The number of Topliss-reactive ketones (excluding diaryl/α,β-unsaturated/α-hetero) is 1. The Balaban J connectivity index is 4.59. The maximum Gasteiger partial charge on any atom is 0.328 e. The highest BCUT2D eigenvalue weighted by Gasteiger charge is 2.25. The van der Waals surface area contributed by atoms with Crippen molar-refractivity contribution in [3.63, 3.8) is 0 Å². The fourth-order valence-corrected chi connectivity index (χ4v) is 2.23. The summed E-state index contributed by atoms with van der Waals surface area (Å²) in [5.74, 6) is -3.48. The number of esters is 2. The lowest BCUT2D eigenvalue weighted by Gasteiger charge is -2.17. The van der Waals surface area contributed by atoms with Gasteiger partial charge >= 0.3 is 11.9 Å². The number of amides is 2. The van der Waals surface area contributed by atoms with E-state index < -0.39 is 48.2 Å². The third-order valence-corrected chi connectivity index (χ3v) is 3.64. The van der Waals surface area contributed by atoms with Crippen molar-refractivity contribution >= 4 is 29.5 Å². The van der Waals surface area contributed by atoms with Gasteiger partial charge in [-0.2, -0.15) is 0 Å². The number of methoxy groups -OCH3 is 1. The van der Waals surface area contributed by atoms with Gasteiger partial charge in [0, 0.05) is 6.42 Å². The molecule has 0 saturated carbocycles. The second-order valence-corrected chi connectivity index (χ2v) is 5.66. The zero-order valence-electron chi connectivity index (χ0n) is 16.3. The minimum atomic E-state index is -1.07. The van der Waals surface area contributed by atoms with Crippen LogP contribution in [0.4, 0.5) is 0 Å². The van der Waals surface area contributed by atoms with Crippen LogP contribution in [0.2, 0.25) is 0 Å². The third-order valence-electron chi connectivity index (χ3n) is 3.64. The van der Waals surface area contributed by atoms with Crippen LogP contribution in [0.15, 0.2) is 0 Å². The molecule has 2 atom stereocenters. The standard InChI is InChI=1S/C17H29N3O7/c1-5-7-11(18-3)15(23)16(24)19-10-13(21)20-12(17(25)26-4)8-9-14(22)27-6-2/h11-12,18H,5-10H2,1-4H3,(H,19,24)(H,20,21). The lowest BCUT2D eigenvalue weighted by Crippen LogP contribution is -2.49. The molecule has 3 N–H and O–H groups in total. The number of carbonyl (C=O) groups excluding carboxylic acids is 5. The van der Waals surface area contributed by atoms with Gasteiger partial charge in [0.25, 0.3) is 5.91 Å². The van der Waals surface area contributed by atoms with Crippen LogP contribution in [-0.4, -0.2) is 68.9 Å². The number of hydrogen-bond donors (Lipinski definition) is 3. The fourth-order valence-electron chi connectivity index (χ4n) is 2.23. The van der Waals surface area contributed by atoms with Crippen LogP contribution >= 0.6 is 0 Å². The van der Waals surface area contributed by atoms with Gasteiger partial charge in [0.2, 0.25) is 11.7 Å². The second-order valence-electron chi connectivity index (χ2n) is 5.66. The summed E-state index contributed by atoms with van der Waals surface area (Å²) in [6.45, 7) is 3.26. The predicted octanol–water partition coefficient (Wildman–Crippen LogP) is -0.939. The summed E-state index contributed by atoms with van der Waals surface area (Å²) in [7, 11) is 2.72. The predicted molar refractivity (Wildman–Crippen MR) is 95.6 cm³/mol. The van der Waals surface area contributed by atoms with Crippen molar-refractivity contribution in [3.8, 4) is 0 Å². The first-order valence-corrected chi connectivity index (χ1v) is 8.82. The molecule has 0 aromatic heterocycles. The molecule has 10 nitrogen and oxygen atoms in total. The lowest BCUT2D eigenvalue weighted by molar-refractivity contribution is -0.147. The van der Waals surface area contributed by atoms with Gasteiger partial charge in [0.05, 0.1) is 26.3 Å². The van der Waals surface area contributed by atoms with Gasteiger partial charge < -0.3 is 25.4 Å². The lowest BCUT2D eigenvalue weighted by atomic mass is 10.1. The van der Waals surface area contributed by atoms with Gasteiger partial charge in [0.15, 0.2) is 0 Å². The molecule has 0 rings (SSSR count). The molecule has 10 heteroatoms. The molecule has 27 heavy (non-hydrogen) atoms. The van der Waals surface area contributed by atoms with Crippen molar-refractivity contribution in [3.05, 3.63) is 0 Å². The largest absolute Gasteiger partial charge is 0.467 e. The van der Waals surface area contributed by atoms with Crippen molar-refractivity contribution < 1.29 is 33.4 Å². The van der Waals surface area contributed by atoms with Crippen LogP contribution in [0, 0.1) is 0 Å². The number of carbonyl (C=O) groups is 5. The highest BCUT2D eigenvalue weighted by Crippen LogP contribution is 2.02. The molecular formula is C17H29N3O7. The Labute approximate surface area is 158 Å². The Morgan fingerprint density at radius 1 is 1.00 bits per heavy atom. The van der Waals surface area contributed by atoms with Crippen LogP contribution in [0.5, 0.6) is 0 Å². The summed E-state index contributed by atoms with van der Waals surface area (Å²) >= 11 is 0. The molecular weight excluding hydrogens is 358 g/mol. The van der Waals surface area contributed by atoms with Gasteiger partial charge in [-0.25, -0.2) is 4.79 Å². The maximum atomic E-state index is 12.0. The van der Waals surface area contributed by atoms with E-state index in [4.69, 9.17) is 4.74 Å². The normalized spacial score (nSPS) is 12.4. The van der Waals surface area contributed by atoms with E-state index in [0.29, 0.717) is 12.8 Å². The number of ether oxygens (including phenoxy) is 2. The highest BCUT2D eigenvalue weighted by molar-refractivity contribution is 6.38. The van der Waals surface area contributed by atoms with Gasteiger partial charge in [-0.1, -0.05) is 13.3 Å². The van der Waals surface area contributed by atoms with E-state index in [0.717, 1.165) is 7.11 Å². The molecule has 2 amide bonds. The zero-order valence-corrected chi connectivity index (χ0v) is 16.3. The summed E-state index contributed by atoms with van der Waals surface area (Å²) in [6.07, 6.45) is 1.11. The molecule has 0 fully saturated rings. The van der Waals surface area contributed by atoms with Crippen LogP contribution in [0.3, 0.4) is 0 Å². The number of rotatable bonds is 13. The monoisotopic (exact) mass is 387 g/mol. The molecule has 2 unspecified atom stereocenters. The van der Waals surface area contributed by atoms with Crippen molar-refractivity contribution in [2.45, 2.75) is 51.6 Å². The average molecular weight is 387 g/mol. The first-order chi connectivity index (χ1) is 12.8. The van der Waals surface area contributed by atoms with E-state index in [2.05, 4.69) is 20.7 Å². The van der Waals surface area contributed by atoms with Gasteiger partial charge in [-0.05, 0) is 26.8 Å². The molecule has 0 aliphatic heterocycles. The Kier molecular flexibility index (Phi) is 12.4. The van der Waals surface area contributed by atoms with Gasteiger partial charge in [0.1, 0.15) is 6.04 Å². The molecule has 154 valence electrons. The molecule has 0 aromatic rings. The van der Waals surface area contributed by atoms with Crippen LogP contribution in [0.1, 0.15) is 39.5 Å². The summed E-state index contributed by atoms with van der Waals surface area (Å²) in [4.78, 5) is 58.9. The average Bonchev–Trinajstić information content (AvgIpc) is 2.66. The van der Waals surface area contributed by atoms with Crippen LogP contribution in [0.25, 0.3) is 0 Å². The summed E-state index contributed by atoms with van der Waals surface area (Å²) in [6, 6.07) is -1.69. The van der Waals surface area contributed by atoms with Gasteiger partial charge in [-0.15, -0.1) is 0 Å². The number of nitrogens with one attached hydrogen (secondary N) is 3. The molecule has 0 spiro atoms. The summed E-state index contributed by atoms with van der Waals surface area (Å²) in [5.41, 5.74) is 0. The SMILES string of the molecule is CCCC(NC)C(=O)C(=O)NCC(=O)NC(CCC(=O)OCC)C(=O)OC. The first kappa shape index (κ1) is 24.5. The van der Waals surface area contributed by atoms with E-state index >= 15 is 0 Å². The van der Waals surface area contributed by atoms with Crippen LogP contribution in [-0.2, 0) is 33.4 Å². The minimum absolute atomic E-state index is 0.0115. The van der Waals surface area contributed by atoms with Crippen molar-refractivity contribution in [2.75, 3.05) is 27.3 Å². The second kappa shape index (κ2) is 13.7. The van der Waals surface area contributed by atoms with Gasteiger partial charge in [-0.3, -0.25) is 19.2 Å². The van der Waals surface area contributed by atoms with Crippen LogP contribution < -0.4 is 16.0 Å². The molecule has 0 bridgehead atoms. The molecule has 0 radical (unpaired) electrons. The van der Waals surface area contributed by atoms with Crippen molar-refractivity contribution in [2.24, 2.45) is 0 Å². The summed E-state index contributed by atoms with van der Waals surface area (Å²) < 4.78 is 9.35. The Morgan fingerprint density at radius 2 is 1.67 bits per heavy atom. The Hall–Kier alpha value is -2.49. The minimum Gasteiger partial charge on any atom is -0.467 e. The van der Waals surface area contributed by atoms with Crippen molar-refractivity contribution in [1.29, 1.82) is 0 Å². The number of hydrogen-bond acceptors (Lipinski definition) is 8. The van der Waals surface area contributed by atoms with E-state index in [1.807, 2.05) is 6.92 Å². The van der Waals surface area contributed by atoms with E-state index in [1.54, 1.807) is 14.0 Å². The quantitative estimate of drug-likeness (QED) is 0.272. The molecule has 0 aromatic carbocycles. The van der Waals surface area contributed by atoms with E-state index in [-0.39, 0.29) is 19.4 Å². The zero-order chi connectivity index (χ0) is 20.8. The Bertz CT molecular complexity index is 537. The molecule has 0 heterocycles. The Morgan fingerprint density at radius 3 is 2.19 bits per heavy atom. The smallest absolute Gasteiger partial charge is 0.328 e. The summed E-state index contributed by atoms with van der Waals surface area (Å²) in [5, 5.41) is 7.33. The molecule has 0 saturated heterocycles. The first-order valence-electron chi connectivity index (χ1n) is 8.82. The molecule has 0 aliphatic carbocycles. The molecule has 0 aliphatic rings. The van der Waals surface area contributed by atoms with E-state index in [1.165, 1.54) is 0 Å². The maximum absolute atomic E-state index is 12.0.